The Morgan fingerprint density at radius 3 is 2.71 bits per heavy atom. The van der Waals surface area contributed by atoms with Gasteiger partial charge in [-0.05, 0) is 36.7 Å². The largest absolute Gasteiger partial charge is 0.375 e. The van der Waals surface area contributed by atoms with E-state index in [-0.39, 0.29) is 0 Å². The van der Waals surface area contributed by atoms with E-state index in [4.69, 9.17) is 5.73 Å². The van der Waals surface area contributed by atoms with E-state index in [1.165, 1.54) is 15.8 Å². The molecule has 0 radical (unpaired) electrons. The van der Waals surface area contributed by atoms with Crippen molar-refractivity contribution in [3.05, 3.63) is 59.7 Å². The molecule has 21 heavy (non-hydrogen) atoms. The van der Waals surface area contributed by atoms with Gasteiger partial charge in [-0.2, -0.15) is 0 Å². The molecule has 0 bridgehead atoms. The van der Waals surface area contributed by atoms with Crippen molar-refractivity contribution in [2.75, 3.05) is 19.3 Å². The molecule has 1 heterocycles. The average Bonchev–Trinajstić information content (AvgIpc) is 2.85. The molecule has 3 rings (SSSR count). The summed E-state index contributed by atoms with van der Waals surface area (Å²) in [5.74, 6) is 0. The number of thiazole rings is 1. The number of hydrogen-bond donors (Lipinski definition) is 1. The molecule has 0 aliphatic rings. The molecule has 1 aromatic heterocycles. The molecule has 3 nitrogen and oxygen atoms in total. The van der Waals surface area contributed by atoms with E-state index in [1.807, 2.05) is 0 Å². The number of anilines is 1. The van der Waals surface area contributed by atoms with Crippen LogP contribution in [-0.2, 0) is 13.0 Å². The van der Waals surface area contributed by atoms with E-state index in [1.54, 1.807) is 11.3 Å². The first kappa shape index (κ1) is 14.0. The molecule has 108 valence electrons. The van der Waals surface area contributed by atoms with Gasteiger partial charge in [0.1, 0.15) is 0 Å². The van der Waals surface area contributed by atoms with Crippen molar-refractivity contribution in [3.63, 3.8) is 0 Å². The number of fused-ring (bicyclic) bond motifs is 1. The lowest BCUT2D eigenvalue weighted by molar-refractivity contribution is 0.331. The highest BCUT2D eigenvalue weighted by Gasteiger charge is 2.05. The highest BCUT2D eigenvalue weighted by molar-refractivity contribution is 7.22. The van der Waals surface area contributed by atoms with Gasteiger partial charge in [-0.3, -0.25) is 0 Å². The van der Waals surface area contributed by atoms with Gasteiger partial charge in [0.15, 0.2) is 5.13 Å². The number of aromatic nitrogens is 1. The van der Waals surface area contributed by atoms with E-state index < -0.39 is 0 Å². The highest BCUT2D eigenvalue weighted by Crippen LogP contribution is 2.24. The van der Waals surface area contributed by atoms with Crippen LogP contribution >= 0.6 is 11.3 Å². The Morgan fingerprint density at radius 2 is 1.90 bits per heavy atom. The summed E-state index contributed by atoms with van der Waals surface area (Å²) in [6.07, 6.45) is 1.08. The number of likely N-dealkylation sites (N-methyl/N-ethyl adjacent to an activating group) is 1. The zero-order chi connectivity index (χ0) is 14.7. The molecule has 3 aromatic rings. The smallest absolute Gasteiger partial charge is 0.181 e. The normalized spacial score (nSPS) is 11.3. The maximum atomic E-state index is 5.75. The van der Waals surface area contributed by atoms with Gasteiger partial charge in [0, 0.05) is 13.1 Å². The molecular formula is C17H19N3S. The number of rotatable bonds is 5. The molecule has 0 saturated heterocycles. The van der Waals surface area contributed by atoms with Crippen LogP contribution in [0.15, 0.2) is 48.5 Å². The molecule has 0 spiro atoms. The Morgan fingerprint density at radius 1 is 1.10 bits per heavy atom. The lowest BCUT2D eigenvalue weighted by Crippen LogP contribution is -2.20. The second-order valence-electron chi connectivity index (χ2n) is 5.33. The first-order valence-electron chi connectivity index (χ1n) is 7.08. The Balaban J connectivity index is 1.61. The van der Waals surface area contributed by atoms with Gasteiger partial charge in [0.25, 0.3) is 0 Å². The van der Waals surface area contributed by atoms with Crippen LogP contribution in [0, 0.1) is 0 Å². The van der Waals surface area contributed by atoms with Crippen molar-refractivity contribution >= 4 is 26.7 Å². The third kappa shape index (κ3) is 3.60. The van der Waals surface area contributed by atoms with Crippen LogP contribution in [0.5, 0.6) is 0 Å². The summed E-state index contributed by atoms with van der Waals surface area (Å²) < 4.78 is 1.17. The van der Waals surface area contributed by atoms with Crippen LogP contribution in [-0.4, -0.2) is 23.5 Å². The van der Waals surface area contributed by atoms with Crippen LogP contribution in [0.4, 0.5) is 5.13 Å². The maximum Gasteiger partial charge on any atom is 0.181 e. The zero-order valence-corrected chi connectivity index (χ0v) is 12.9. The summed E-state index contributed by atoms with van der Waals surface area (Å²) >= 11 is 1.55. The fourth-order valence-corrected chi connectivity index (χ4v) is 3.24. The number of hydrogen-bond acceptors (Lipinski definition) is 4. The van der Waals surface area contributed by atoms with Crippen LogP contribution in [0.25, 0.3) is 10.2 Å². The SMILES string of the molecule is CN(CCc1ccccc1)Cc1ccc2nc(N)sc2c1. The van der Waals surface area contributed by atoms with Gasteiger partial charge in [-0.25, -0.2) is 4.98 Å². The van der Waals surface area contributed by atoms with Crippen molar-refractivity contribution in [1.82, 2.24) is 9.88 Å². The van der Waals surface area contributed by atoms with Crippen molar-refractivity contribution in [1.29, 1.82) is 0 Å². The van der Waals surface area contributed by atoms with Gasteiger partial charge in [-0.15, -0.1) is 0 Å². The van der Waals surface area contributed by atoms with Crippen LogP contribution < -0.4 is 5.73 Å². The molecule has 0 unspecified atom stereocenters. The lowest BCUT2D eigenvalue weighted by atomic mass is 10.1. The highest BCUT2D eigenvalue weighted by atomic mass is 32.1. The Hall–Kier alpha value is -1.91. The Bertz CT molecular complexity index is 721. The Kier molecular flexibility index (Phi) is 4.18. The lowest BCUT2D eigenvalue weighted by Gasteiger charge is -2.16. The van der Waals surface area contributed by atoms with Crippen LogP contribution in [0.1, 0.15) is 11.1 Å². The molecule has 0 aliphatic carbocycles. The van der Waals surface area contributed by atoms with Gasteiger partial charge < -0.3 is 10.6 Å². The number of benzene rings is 2. The maximum absolute atomic E-state index is 5.75. The summed E-state index contributed by atoms with van der Waals surface area (Å²) in [6.45, 7) is 1.99. The molecule has 0 saturated carbocycles. The van der Waals surface area contributed by atoms with Gasteiger partial charge >= 0.3 is 0 Å². The molecule has 2 aromatic carbocycles. The molecule has 0 aliphatic heterocycles. The number of nitrogen functional groups attached to an aromatic ring is 1. The standard InChI is InChI=1S/C17H19N3S/c1-20(10-9-13-5-3-2-4-6-13)12-14-7-8-15-16(11-14)21-17(18)19-15/h2-8,11H,9-10,12H2,1H3,(H2,18,19). The van der Waals surface area contributed by atoms with Crippen LogP contribution in [0.2, 0.25) is 0 Å². The molecule has 0 amide bonds. The van der Waals surface area contributed by atoms with Crippen LogP contribution in [0.3, 0.4) is 0 Å². The third-order valence-electron chi connectivity index (χ3n) is 3.55. The molecular weight excluding hydrogens is 278 g/mol. The summed E-state index contributed by atoms with van der Waals surface area (Å²) in [6, 6.07) is 17.0. The predicted octanol–water partition coefficient (Wildman–Crippen LogP) is 3.55. The minimum absolute atomic E-state index is 0.639. The average molecular weight is 297 g/mol. The van der Waals surface area contributed by atoms with E-state index in [0.29, 0.717) is 5.13 Å². The predicted molar refractivity (Wildman–Crippen MR) is 90.5 cm³/mol. The van der Waals surface area contributed by atoms with Gasteiger partial charge in [0.2, 0.25) is 0 Å². The minimum atomic E-state index is 0.639. The molecule has 0 atom stereocenters. The fraction of sp³-hybridized carbons (Fsp3) is 0.235. The summed E-state index contributed by atoms with van der Waals surface area (Å²) in [4.78, 5) is 6.64. The molecule has 4 heteroatoms. The van der Waals surface area contributed by atoms with E-state index >= 15 is 0 Å². The summed E-state index contributed by atoms with van der Waals surface area (Å²) in [7, 11) is 2.16. The summed E-state index contributed by atoms with van der Waals surface area (Å²) in [5.41, 5.74) is 9.44. The third-order valence-corrected chi connectivity index (χ3v) is 4.39. The topological polar surface area (TPSA) is 42.2 Å². The van der Waals surface area contributed by atoms with Crippen molar-refractivity contribution < 1.29 is 0 Å². The first-order chi connectivity index (χ1) is 10.2. The van der Waals surface area contributed by atoms with Gasteiger partial charge in [0.05, 0.1) is 10.2 Å². The quantitative estimate of drug-likeness (QED) is 0.783. The summed E-state index contributed by atoms with van der Waals surface area (Å²) in [5, 5.41) is 0.639. The first-order valence-corrected chi connectivity index (χ1v) is 7.90. The number of nitrogens with two attached hydrogens (primary N) is 1. The van der Waals surface area contributed by atoms with E-state index in [2.05, 4.69) is 65.5 Å². The van der Waals surface area contributed by atoms with Crippen molar-refractivity contribution in [2.24, 2.45) is 0 Å². The second kappa shape index (κ2) is 6.24. The van der Waals surface area contributed by atoms with E-state index in [0.717, 1.165) is 25.0 Å². The van der Waals surface area contributed by atoms with Crippen molar-refractivity contribution in [2.45, 2.75) is 13.0 Å². The minimum Gasteiger partial charge on any atom is -0.375 e. The second-order valence-corrected chi connectivity index (χ2v) is 6.39. The fourth-order valence-electron chi connectivity index (χ4n) is 2.44. The number of nitrogens with zero attached hydrogens (tertiary/aromatic N) is 2. The monoisotopic (exact) mass is 297 g/mol. The Labute approximate surface area is 129 Å². The molecule has 2 N–H and O–H groups in total. The molecule has 0 fully saturated rings. The van der Waals surface area contributed by atoms with Gasteiger partial charge in [-0.1, -0.05) is 47.7 Å². The zero-order valence-electron chi connectivity index (χ0n) is 12.1. The van der Waals surface area contributed by atoms with E-state index in [9.17, 15) is 0 Å². The van der Waals surface area contributed by atoms with Crippen molar-refractivity contribution in [3.8, 4) is 0 Å².